The van der Waals surface area contributed by atoms with Crippen LogP contribution in [0.4, 0.5) is 4.79 Å². The summed E-state index contributed by atoms with van der Waals surface area (Å²) in [6.07, 6.45) is 2.42. The Labute approximate surface area is 119 Å². The topological polar surface area (TPSA) is 81.1 Å². The van der Waals surface area contributed by atoms with Crippen molar-refractivity contribution < 1.29 is 19.8 Å². The highest BCUT2D eigenvalue weighted by Crippen LogP contribution is 2.37. The molecule has 6 heteroatoms. The van der Waals surface area contributed by atoms with Crippen LogP contribution in [0.3, 0.4) is 0 Å². The van der Waals surface area contributed by atoms with Gasteiger partial charge in [-0.3, -0.25) is 0 Å². The van der Waals surface area contributed by atoms with E-state index in [9.17, 15) is 14.7 Å². The van der Waals surface area contributed by atoms with Crippen molar-refractivity contribution in [1.29, 1.82) is 0 Å². The van der Waals surface area contributed by atoms with Gasteiger partial charge in [-0.15, -0.1) is 0 Å². The van der Waals surface area contributed by atoms with Crippen LogP contribution in [0.5, 0.6) is 0 Å². The Morgan fingerprint density at radius 3 is 2.45 bits per heavy atom. The van der Waals surface area contributed by atoms with E-state index in [0.717, 1.165) is 19.3 Å². The second-order valence-corrected chi connectivity index (χ2v) is 6.06. The molecule has 2 rings (SSSR count). The van der Waals surface area contributed by atoms with E-state index < -0.39 is 18.1 Å². The maximum absolute atomic E-state index is 12.5. The molecule has 2 N–H and O–H groups in total. The summed E-state index contributed by atoms with van der Waals surface area (Å²) >= 11 is 0. The van der Waals surface area contributed by atoms with E-state index in [2.05, 4.69) is 13.8 Å². The number of carboxylic acid groups (broad SMARTS) is 1. The van der Waals surface area contributed by atoms with Gasteiger partial charge in [0, 0.05) is 26.1 Å². The van der Waals surface area contributed by atoms with Crippen LogP contribution in [0, 0.1) is 5.41 Å². The molecule has 2 atom stereocenters. The second-order valence-electron chi connectivity index (χ2n) is 6.06. The van der Waals surface area contributed by atoms with Crippen molar-refractivity contribution in [3.05, 3.63) is 0 Å². The molecule has 0 aromatic heterocycles. The molecule has 6 nitrogen and oxygen atoms in total. The summed E-state index contributed by atoms with van der Waals surface area (Å²) in [5.74, 6) is -1.04. The summed E-state index contributed by atoms with van der Waals surface area (Å²) in [6, 6.07) is -1.13. The Hall–Kier alpha value is -1.30. The monoisotopic (exact) mass is 284 g/mol. The van der Waals surface area contributed by atoms with Gasteiger partial charge in [0.25, 0.3) is 0 Å². The lowest BCUT2D eigenvalue weighted by Gasteiger charge is -2.30. The number of carboxylic acids is 1. The van der Waals surface area contributed by atoms with Crippen molar-refractivity contribution in [3.8, 4) is 0 Å². The summed E-state index contributed by atoms with van der Waals surface area (Å²) in [5.41, 5.74) is 0.173. The number of nitrogens with zero attached hydrogens (tertiary/aromatic N) is 2. The Morgan fingerprint density at radius 2 is 1.95 bits per heavy atom. The molecule has 20 heavy (non-hydrogen) atoms. The van der Waals surface area contributed by atoms with E-state index in [0.29, 0.717) is 13.1 Å². The number of rotatable bonds is 3. The van der Waals surface area contributed by atoms with Gasteiger partial charge in [-0.25, -0.2) is 9.59 Å². The van der Waals surface area contributed by atoms with Gasteiger partial charge < -0.3 is 20.0 Å². The van der Waals surface area contributed by atoms with Crippen LogP contribution in [0.1, 0.15) is 39.5 Å². The van der Waals surface area contributed by atoms with Crippen LogP contribution < -0.4 is 0 Å². The molecule has 2 heterocycles. The van der Waals surface area contributed by atoms with Gasteiger partial charge in [0.1, 0.15) is 6.04 Å². The second kappa shape index (κ2) is 5.60. The first-order valence-electron chi connectivity index (χ1n) is 7.39. The van der Waals surface area contributed by atoms with Crippen molar-refractivity contribution in [1.82, 2.24) is 9.80 Å². The quantitative estimate of drug-likeness (QED) is 0.814. The third-order valence-electron chi connectivity index (χ3n) is 5.02. The number of β-amino-alcohol motifs (C(OH)–C–C–N with tert-alkyl or cyclic N) is 1. The maximum Gasteiger partial charge on any atom is 0.326 e. The van der Waals surface area contributed by atoms with E-state index in [1.807, 2.05) is 0 Å². The summed E-state index contributed by atoms with van der Waals surface area (Å²) in [5, 5.41) is 18.8. The van der Waals surface area contributed by atoms with E-state index >= 15 is 0 Å². The van der Waals surface area contributed by atoms with Gasteiger partial charge in [-0.1, -0.05) is 13.8 Å². The number of carbonyl (C=O) groups excluding carboxylic acids is 1. The molecule has 0 radical (unpaired) electrons. The Bertz CT molecular complexity index is 395. The highest BCUT2D eigenvalue weighted by atomic mass is 16.4. The van der Waals surface area contributed by atoms with Crippen LogP contribution in [-0.2, 0) is 4.79 Å². The van der Waals surface area contributed by atoms with Gasteiger partial charge >= 0.3 is 12.0 Å². The summed E-state index contributed by atoms with van der Waals surface area (Å²) in [7, 11) is 0. The lowest BCUT2D eigenvalue weighted by atomic mass is 9.82. The molecular formula is C14H24N2O4. The average Bonchev–Trinajstić information content (AvgIpc) is 3.02. The normalized spacial score (nSPS) is 28.9. The fourth-order valence-corrected chi connectivity index (χ4v) is 3.37. The fraction of sp³-hybridized carbons (Fsp3) is 0.857. The molecular weight excluding hydrogens is 260 g/mol. The predicted molar refractivity (Wildman–Crippen MR) is 73.4 cm³/mol. The number of urea groups is 1. The zero-order valence-electron chi connectivity index (χ0n) is 12.2. The lowest BCUT2D eigenvalue weighted by molar-refractivity contribution is -0.141. The number of hydrogen-bond acceptors (Lipinski definition) is 3. The zero-order valence-corrected chi connectivity index (χ0v) is 12.2. The third-order valence-corrected chi connectivity index (χ3v) is 5.02. The zero-order chi connectivity index (χ0) is 14.9. The number of aliphatic hydroxyl groups excluding tert-OH is 1. The van der Waals surface area contributed by atoms with Gasteiger partial charge in [0.05, 0.1) is 6.10 Å². The predicted octanol–water partition coefficient (Wildman–Crippen LogP) is 1.14. The Morgan fingerprint density at radius 1 is 1.30 bits per heavy atom. The van der Waals surface area contributed by atoms with Crippen molar-refractivity contribution in [2.75, 3.05) is 19.6 Å². The van der Waals surface area contributed by atoms with Gasteiger partial charge in [-0.05, 0) is 24.7 Å². The molecule has 114 valence electrons. The molecule has 2 aliphatic rings. The minimum absolute atomic E-state index is 0.123. The maximum atomic E-state index is 12.5. The van der Waals surface area contributed by atoms with Gasteiger partial charge in [0.15, 0.2) is 0 Å². The van der Waals surface area contributed by atoms with E-state index in [-0.39, 0.29) is 24.4 Å². The fourth-order valence-electron chi connectivity index (χ4n) is 3.37. The highest BCUT2D eigenvalue weighted by Gasteiger charge is 2.44. The molecule has 2 saturated heterocycles. The molecule has 2 fully saturated rings. The molecule has 0 bridgehead atoms. The Balaban J connectivity index is 2.07. The van der Waals surface area contributed by atoms with Crippen LogP contribution in [0.25, 0.3) is 0 Å². The van der Waals surface area contributed by atoms with Crippen molar-refractivity contribution in [2.24, 2.45) is 5.41 Å². The lowest BCUT2D eigenvalue weighted by Crippen LogP contribution is -2.48. The first kappa shape index (κ1) is 15.1. The molecule has 0 spiro atoms. The van der Waals surface area contributed by atoms with Crippen LogP contribution in [0.2, 0.25) is 0 Å². The highest BCUT2D eigenvalue weighted by molar-refractivity contribution is 5.83. The van der Waals surface area contributed by atoms with Crippen LogP contribution >= 0.6 is 0 Å². The molecule has 0 aromatic rings. The third kappa shape index (κ3) is 2.61. The Kier molecular flexibility index (Phi) is 4.22. The van der Waals surface area contributed by atoms with Gasteiger partial charge in [0.2, 0.25) is 0 Å². The van der Waals surface area contributed by atoms with Crippen LogP contribution in [0.15, 0.2) is 0 Å². The van der Waals surface area contributed by atoms with Crippen molar-refractivity contribution >= 4 is 12.0 Å². The molecule has 2 amide bonds. The smallest absolute Gasteiger partial charge is 0.326 e. The minimum Gasteiger partial charge on any atom is -0.480 e. The molecule has 0 unspecified atom stereocenters. The molecule has 2 aliphatic heterocycles. The SMILES string of the molecule is CCC1(CC)CCN(C(=O)N2C[C@H](O)C[C@@H]2C(=O)O)C1. The summed E-state index contributed by atoms with van der Waals surface area (Å²) < 4.78 is 0. The van der Waals surface area contributed by atoms with Crippen molar-refractivity contribution in [3.63, 3.8) is 0 Å². The number of amides is 2. The molecule has 0 aliphatic carbocycles. The van der Waals surface area contributed by atoms with Gasteiger partial charge in [-0.2, -0.15) is 0 Å². The molecule has 0 aromatic carbocycles. The first-order chi connectivity index (χ1) is 9.42. The van der Waals surface area contributed by atoms with Crippen molar-refractivity contribution in [2.45, 2.75) is 51.7 Å². The standard InChI is InChI=1S/C14H24N2O4/c1-3-14(4-2)5-6-15(9-14)13(20)16-8-10(17)7-11(16)12(18)19/h10-11,17H,3-9H2,1-2H3,(H,18,19)/t10-,11-/m1/s1. The number of carbonyl (C=O) groups is 2. The first-order valence-corrected chi connectivity index (χ1v) is 7.39. The number of aliphatic carboxylic acids is 1. The summed E-state index contributed by atoms with van der Waals surface area (Å²) in [6.45, 7) is 5.77. The van der Waals surface area contributed by atoms with E-state index in [1.165, 1.54) is 4.90 Å². The molecule has 0 saturated carbocycles. The number of hydrogen-bond donors (Lipinski definition) is 2. The summed E-state index contributed by atoms with van der Waals surface area (Å²) in [4.78, 5) is 26.8. The average molecular weight is 284 g/mol. The van der Waals surface area contributed by atoms with E-state index in [4.69, 9.17) is 5.11 Å². The van der Waals surface area contributed by atoms with E-state index in [1.54, 1.807) is 4.90 Å². The number of aliphatic hydroxyl groups is 1. The minimum atomic E-state index is -1.04. The largest absolute Gasteiger partial charge is 0.480 e. The number of likely N-dealkylation sites (tertiary alicyclic amines) is 2. The van der Waals surface area contributed by atoms with Crippen LogP contribution in [-0.4, -0.2) is 63.8 Å².